The number of halogens is 1. The molecule has 0 aromatic heterocycles. The molecule has 2 fully saturated rings. The second kappa shape index (κ2) is 8.38. The van der Waals surface area contributed by atoms with Crippen molar-refractivity contribution in [2.24, 2.45) is 16.3 Å². The van der Waals surface area contributed by atoms with E-state index >= 15 is 0 Å². The Bertz CT molecular complexity index is 316. The highest BCUT2D eigenvalue weighted by Crippen LogP contribution is 2.45. The summed E-state index contributed by atoms with van der Waals surface area (Å²) in [5.41, 5.74) is 0.0813. The van der Waals surface area contributed by atoms with Crippen LogP contribution < -0.4 is 5.32 Å². The lowest BCUT2D eigenvalue weighted by molar-refractivity contribution is 0.181. The third-order valence-electron chi connectivity index (χ3n) is 4.11. The molecule has 118 valence electrons. The minimum atomic E-state index is 0. The summed E-state index contributed by atoms with van der Waals surface area (Å²) in [7, 11) is 2.08. The summed E-state index contributed by atoms with van der Waals surface area (Å²) in [6.07, 6.45) is 3.35. The zero-order valence-electron chi connectivity index (χ0n) is 12.6. The largest absolute Gasteiger partial charge is 0.396 e. The first-order valence-corrected chi connectivity index (χ1v) is 7.37. The molecule has 0 spiro atoms. The number of hydrogen-bond donors (Lipinski definition) is 2. The van der Waals surface area contributed by atoms with Gasteiger partial charge in [-0.05, 0) is 26.2 Å². The van der Waals surface area contributed by atoms with Gasteiger partial charge in [0, 0.05) is 38.1 Å². The van der Waals surface area contributed by atoms with E-state index in [1.807, 2.05) is 0 Å². The molecule has 1 atom stereocenters. The molecule has 20 heavy (non-hydrogen) atoms. The van der Waals surface area contributed by atoms with E-state index in [0.29, 0.717) is 5.92 Å². The fourth-order valence-corrected chi connectivity index (χ4v) is 2.46. The van der Waals surface area contributed by atoms with Crippen LogP contribution in [0.2, 0.25) is 0 Å². The smallest absolute Gasteiger partial charge is 0.193 e. The highest BCUT2D eigenvalue weighted by Gasteiger charge is 2.41. The number of nitrogens with one attached hydrogen (secondary N) is 1. The van der Waals surface area contributed by atoms with Crippen LogP contribution in [0.4, 0.5) is 0 Å². The highest BCUT2D eigenvalue weighted by atomic mass is 127. The van der Waals surface area contributed by atoms with E-state index in [-0.39, 0.29) is 36.0 Å². The van der Waals surface area contributed by atoms with Crippen LogP contribution in [-0.2, 0) is 4.74 Å². The van der Waals surface area contributed by atoms with Gasteiger partial charge in [0.15, 0.2) is 5.96 Å². The Morgan fingerprint density at radius 3 is 2.75 bits per heavy atom. The predicted octanol–water partition coefficient (Wildman–Crippen LogP) is 1.31. The van der Waals surface area contributed by atoms with Crippen LogP contribution in [0.5, 0.6) is 0 Å². The molecule has 0 amide bonds. The minimum absolute atomic E-state index is 0. The van der Waals surface area contributed by atoms with Crippen LogP contribution in [0.15, 0.2) is 4.99 Å². The van der Waals surface area contributed by atoms with E-state index < -0.39 is 0 Å². The van der Waals surface area contributed by atoms with E-state index in [0.717, 1.165) is 58.1 Å². The molecule has 0 aromatic rings. The number of aliphatic hydroxyl groups is 1. The molecule has 0 bridgehead atoms. The lowest BCUT2D eigenvalue weighted by Gasteiger charge is -2.25. The van der Waals surface area contributed by atoms with Gasteiger partial charge in [0.2, 0.25) is 0 Å². The molecule has 2 N–H and O–H groups in total. The summed E-state index contributed by atoms with van der Waals surface area (Å²) in [6, 6.07) is 0. The third kappa shape index (κ3) is 5.04. The Labute approximate surface area is 139 Å². The van der Waals surface area contributed by atoms with Crippen molar-refractivity contribution in [2.45, 2.75) is 26.2 Å². The Balaban J connectivity index is 0.00000200. The van der Waals surface area contributed by atoms with Crippen LogP contribution in [0, 0.1) is 11.3 Å². The number of hydrogen-bond acceptors (Lipinski definition) is 3. The maximum Gasteiger partial charge on any atom is 0.193 e. The number of aliphatic imine (C=N–C) groups is 1. The molecule has 1 unspecified atom stereocenters. The van der Waals surface area contributed by atoms with Crippen LogP contribution in [-0.4, -0.2) is 62.5 Å². The molecule has 1 aliphatic carbocycles. The molecule has 2 rings (SSSR count). The van der Waals surface area contributed by atoms with Crippen molar-refractivity contribution in [2.75, 3.05) is 46.5 Å². The first-order valence-electron chi connectivity index (χ1n) is 7.37. The lowest BCUT2D eigenvalue weighted by atomic mass is 10.1. The summed E-state index contributed by atoms with van der Waals surface area (Å²) in [5, 5.41) is 12.7. The molecule has 0 radical (unpaired) electrons. The van der Waals surface area contributed by atoms with E-state index in [2.05, 4.69) is 24.2 Å². The fourth-order valence-electron chi connectivity index (χ4n) is 2.46. The summed E-state index contributed by atoms with van der Waals surface area (Å²) in [6.45, 7) is 6.69. The average molecular weight is 397 g/mol. The van der Waals surface area contributed by atoms with Gasteiger partial charge < -0.3 is 20.1 Å². The standard InChI is InChI=1S/C14H27N3O2.HI/c1-3-15-13(16-10-14(11-18)5-6-14)17(2)8-12-4-7-19-9-12;/h12,18H,3-11H2,1-2H3,(H,15,16);1H. The molecule has 1 saturated heterocycles. The zero-order chi connectivity index (χ0) is 13.7. The summed E-state index contributed by atoms with van der Waals surface area (Å²) in [5.74, 6) is 1.57. The van der Waals surface area contributed by atoms with Gasteiger partial charge in [0.05, 0.1) is 19.8 Å². The van der Waals surface area contributed by atoms with Gasteiger partial charge in [-0.25, -0.2) is 0 Å². The van der Waals surface area contributed by atoms with Crippen LogP contribution in [0.25, 0.3) is 0 Å². The fraction of sp³-hybridized carbons (Fsp3) is 0.929. The first kappa shape index (κ1) is 18.0. The van der Waals surface area contributed by atoms with Crippen LogP contribution in [0.1, 0.15) is 26.2 Å². The zero-order valence-corrected chi connectivity index (χ0v) is 14.9. The Morgan fingerprint density at radius 1 is 1.50 bits per heavy atom. The number of ether oxygens (including phenoxy) is 1. The first-order chi connectivity index (χ1) is 9.19. The van der Waals surface area contributed by atoms with Crippen molar-refractivity contribution in [1.82, 2.24) is 10.2 Å². The second-order valence-electron chi connectivity index (χ2n) is 5.94. The molecular weight excluding hydrogens is 369 g/mol. The maximum absolute atomic E-state index is 9.35. The molecular formula is C14H28IN3O2. The topological polar surface area (TPSA) is 57.1 Å². The molecule has 1 heterocycles. The molecule has 1 aliphatic heterocycles. The van der Waals surface area contributed by atoms with Crippen molar-refractivity contribution in [3.8, 4) is 0 Å². The third-order valence-corrected chi connectivity index (χ3v) is 4.11. The lowest BCUT2D eigenvalue weighted by Crippen LogP contribution is -2.42. The van der Waals surface area contributed by atoms with E-state index in [9.17, 15) is 5.11 Å². The number of aliphatic hydroxyl groups excluding tert-OH is 1. The van der Waals surface area contributed by atoms with Gasteiger partial charge >= 0.3 is 0 Å². The average Bonchev–Trinajstić information content (AvgIpc) is 3.02. The van der Waals surface area contributed by atoms with Gasteiger partial charge in [-0.2, -0.15) is 0 Å². The monoisotopic (exact) mass is 397 g/mol. The number of nitrogens with zero attached hydrogens (tertiary/aromatic N) is 2. The summed E-state index contributed by atoms with van der Waals surface area (Å²) < 4.78 is 5.42. The summed E-state index contributed by atoms with van der Waals surface area (Å²) in [4.78, 5) is 6.88. The Hall–Kier alpha value is -0.0800. The highest BCUT2D eigenvalue weighted by molar-refractivity contribution is 14.0. The van der Waals surface area contributed by atoms with Gasteiger partial charge in [-0.15, -0.1) is 24.0 Å². The van der Waals surface area contributed by atoms with Gasteiger partial charge in [-0.1, -0.05) is 0 Å². The van der Waals surface area contributed by atoms with Gasteiger partial charge in [0.25, 0.3) is 0 Å². The Morgan fingerprint density at radius 2 is 2.25 bits per heavy atom. The van der Waals surface area contributed by atoms with E-state index in [4.69, 9.17) is 9.73 Å². The molecule has 6 heteroatoms. The van der Waals surface area contributed by atoms with Crippen LogP contribution in [0.3, 0.4) is 0 Å². The SMILES string of the molecule is CCNC(=NCC1(CO)CC1)N(C)CC1CCOC1.I. The molecule has 1 saturated carbocycles. The molecule has 0 aromatic carbocycles. The van der Waals surface area contributed by atoms with Crippen molar-refractivity contribution >= 4 is 29.9 Å². The maximum atomic E-state index is 9.35. The molecule has 2 aliphatic rings. The number of guanidine groups is 1. The van der Waals surface area contributed by atoms with Crippen molar-refractivity contribution in [3.05, 3.63) is 0 Å². The van der Waals surface area contributed by atoms with Gasteiger partial charge in [0.1, 0.15) is 0 Å². The second-order valence-corrected chi connectivity index (χ2v) is 5.94. The molecule has 5 nitrogen and oxygen atoms in total. The normalized spacial score (nSPS) is 24.1. The van der Waals surface area contributed by atoms with Crippen molar-refractivity contribution in [3.63, 3.8) is 0 Å². The van der Waals surface area contributed by atoms with E-state index in [1.165, 1.54) is 0 Å². The number of rotatable bonds is 6. The van der Waals surface area contributed by atoms with Crippen molar-refractivity contribution < 1.29 is 9.84 Å². The quantitative estimate of drug-likeness (QED) is 0.403. The van der Waals surface area contributed by atoms with Crippen molar-refractivity contribution in [1.29, 1.82) is 0 Å². The van der Waals surface area contributed by atoms with E-state index in [1.54, 1.807) is 0 Å². The Kier molecular flexibility index (Phi) is 7.53. The minimum Gasteiger partial charge on any atom is -0.396 e. The summed E-state index contributed by atoms with van der Waals surface area (Å²) >= 11 is 0. The predicted molar refractivity (Wildman–Crippen MR) is 91.7 cm³/mol. The van der Waals surface area contributed by atoms with Crippen LogP contribution >= 0.6 is 24.0 Å². The van der Waals surface area contributed by atoms with Gasteiger partial charge in [-0.3, -0.25) is 4.99 Å².